The Morgan fingerprint density at radius 1 is 1.10 bits per heavy atom. The van der Waals surface area contributed by atoms with Crippen molar-refractivity contribution in [3.05, 3.63) is 29.8 Å². The Kier molecular flexibility index (Phi) is 5.91. The van der Waals surface area contributed by atoms with Gasteiger partial charge < -0.3 is 9.47 Å². The molecule has 1 aliphatic heterocycles. The maximum Gasteiger partial charge on any atom is 0.119 e. The molecule has 0 radical (unpaired) electrons. The Balaban J connectivity index is 0.00000161. The van der Waals surface area contributed by atoms with Crippen LogP contribution in [0.4, 0.5) is 0 Å². The lowest BCUT2D eigenvalue weighted by Crippen LogP contribution is -2.52. The smallest absolute Gasteiger partial charge is 0.119 e. The molecule has 1 aromatic carbocycles. The van der Waals surface area contributed by atoms with E-state index in [0.29, 0.717) is 0 Å². The van der Waals surface area contributed by atoms with E-state index in [1.807, 2.05) is 6.07 Å². The largest absolute Gasteiger partial charge is 0.497 e. The molecule has 0 bridgehead atoms. The van der Waals surface area contributed by atoms with Gasteiger partial charge in [0.1, 0.15) is 5.75 Å². The molecule has 0 atom stereocenters. The van der Waals surface area contributed by atoms with Crippen molar-refractivity contribution in [2.45, 2.75) is 37.6 Å². The van der Waals surface area contributed by atoms with Gasteiger partial charge in [0.25, 0.3) is 0 Å². The number of ether oxygens (including phenoxy) is 2. The summed E-state index contributed by atoms with van der Waals surface area (Å²) >= 11 is 0. The van der Waals surface area contributed by atoms with Crippen molar-refractivity contribution in [3.8, 4) is 5.75 Å². The molecule has 4 heteroatoms. The van der Waals surface area contributed by atoms with Crippen molar-refractivity contribution in [2.24, 2.45) is 0 Å². The summed E-state index contributed by atoms with van der Waals surface area (Å²) in [4.78, 5) is 2.66. The SMILES string of the molecule is COc1cccc(C2(N3CCOCC3)CCCCC2)c1.Cl. The third-order valence-electron chi connectivity index (χ3n) is 4.90. The lowest BCUT2D eigenvalue weighted by molar-refractivity contribution is -0.0404. The first-order valence-corrected chi connectivity index (χ1v) is 7.82. The lowest BCUT2D eigenvalue weighted by atomic mass is 9.75. The highest BCUT2D eigenvalue weighted by Crippen LogP contribution is 2.43. The van der Waals surface area contributed by atoms with Gasteiger partial charge in [0, 0.05) is 18.6 Å². The van der Waals surface area contributed by atoms with Gasteiger partial charge in [-0.05, 0) is 30.5 Å². The molecule has 3 rings (SSSR count). The van der Waals surface area contributed by atoms with Crippen LogP contribution in [0.5, 0.6) is 5.75 Å². The van der Waals surface area contributed by atoms with Crippen molar-refractivity contribution in [1.29, 1.82) is 0 Å². The molecule has 0 amide bonds. The average Bonchev–Trinajstić information content (AvgIpc) is 2.56. The fraction of sp³-hybridized carbons (Fsp3) is 0.647. The van der Waals surface area contributed by atoms with Crippen LogP contribution in [-0.2, 0) is 10.3 Å². The number of morpholine rings is 1. The fourth-order valence-electron chi connectivity index (χ4n) is 3.83. The second kappa shape index (κ2) is 7.48. The summed E-state index contributed by atoms with van der Waals surface area (Å²) in [6.07, 6.45) is 6.56. The third kappa shape index (κ3) is 3.36. The second-order valence-electron chi connectivity index (χ2n) is 5.92. The molecular formula is C17H26ClNO2. The number of methoxy groups -OCH3 is 1. The minimum Gasteiger partial charge on any atom is -0.497 e. The molecule has 3 nitrogen and oxygen atoms in total. The van der Waals surface area contributed by atoms with Crippen LogP contribution in [0, 0.1) is 0 Å². The number of halogens is 1. The zero-order chi connectivity index (χ0) is 13.8. The number of hydrogen-bond acceptors (Lipinski definition) is 3. The highest BCUT2D eigenvalue weighted by atomic mass is 35.5. The quantitative estimate of drug-likeness (QED) is 0.851. The molecule has 0 unspecified atom stereocenters. The monoisotopic (exact) mass is 311 g/mol. The zero-order valence-electron chi connectivity index (χ0n) is 12.8. The van der Waals surface area contributed by atoms with E-state index < -0.39 is 0 Å². The van der Waals surface area contributed by atoms with Gasteiger partial charge >= 0.3 is 0 Å². The van der Waals surface area contributed by atoms with Crippen LogP contribution in [0.1, 0.15) is 37.7 Å². The Morgan fingerprint density at radius 2 is 1.81 bits per heavy atom. The van der Waals surface area contributed by atoms with Gasteiger partial charge in [-0.3, -0.25) is 4.90 Å². The molecule has 1 saturated carbocycles. The van der Waals surface area contributed by atoms with Crippen molar-refractivity contribution in [1.82, 2.24) is 4.90 Å². The number of nitrogens with zero attached hydrogens (tertiary/aromatic N) is 1. The first-order chi connectivity index (χ1) is 9.85. The van der Waals surface area contributed by atoms with Crippen LogP contribution in [0.2, 0.25) is 0 Å². The van der Waals surface area contributed by atoms with Crippen LogP contribution in [0.3, 0.4) is 0 Å². The number of hydrogen-bond donors (Lipinski definition) is 0. The minimum absolute atomic E-state index is 0. The molecular weight excluding hydrogens is 286 g/mol. The summed E-state index contributed by atoms with van der Waals surface area (Å²) < 4.78 is 11.0. The third-order valence-corrected chi connectivity index (χ3v) is 4.90. The molecule has 2 aliphatic rings. The topological polar surface area (TPSA) is 21.7 Å². The molecule has 2 fully saturated rings. The standard InChI is InChI=1S/C17H25NO2.ClH/c1-19-16-7-5-6-15(14-16)17(8-3-2-4-9-17)18-10-12-20-13-11-18;/h5-7,14H,2-4,8-13H2,1H3;1H. The Labute approximate surface area is 134 Å². The Hall–Kier alpha value is -0.770. The summed E-state index contributed by atoms with van der Waals surface area (Å²) in [7, 11) is 1.75. The molecule has 1 aliphatic carbocycles. The van der Waals surface area contributed by atoms with Gasteiger partial charge in [0.05, 0.1) is 20.3 Å². The number of benzene rings is 1. The average molecular weight is 312 g/mol. The summed E-state index contributed by atoms with van der Waals surface area (Å²) in [5.74, 6) is 0.973. The molecule has 21 heavy (non-hydrogen) atoms. The predicted octanol–water partition coefficient (Wildman–Crippen LogP) is 3.61. The summed E-state index contributed by atoms with van der Waals surface area (Å²) in [5.41, 5.74) is 1.63. The van der Waals surface area contributed by atoms with E-state index in [9.17, 15) is 0 Å². The predicted molar refractivity (Wildman–Crippen MR) is 87.4 cm³/mol. The molecule has 118 valence electrons. The van der Waals surface area contributed by atoms with Gasteiger partial charge in [-0.1, -0.05) is 31.4 Å². The Bertz CT molecular complexity index is 440. The number of rotatable bonds is 3. The van der Waals surface area contributed by atoms with Crippen LogP contribution >= 0.6 is 12.4 Å². The summed E-state index contributed by atoms with van der Waals surface area (Å²) in [6, 6.07) is 8.69. The van der Waals surface area contributed by atoms with E-state index in [4.69, 9.17) is 9.47 Å². The van der Waals surface area contributed by atoms with E-state index in [2.05, 4.69) is 23.1 Å². The molecule has 0 spiro atoms. The van der Waals surface area contributed by atoms with Crippen LogP contribution in [0.25, 0.3) is 0 Å². The van der Waals surface area contributed by atoms with E-state index in [1.165, 1.54) is 37.7 Å². The maximum absolute atomic E-state index is 5.55. The summed E-state index contributed by atoms with van der Waals surface area (Å²) in [5, 5.41) is 0. The highest BCUT2D eigenvalue weighted by Gasteiger charge is 2.40. The minimum atomic E-state index is 0. The van der Waals surface area contributed by atoms with E-state index in [-0.39, 0.29) is 17.9 Å². The van der Waals surface area contributed by atoms with Crippen molar-refractivity contribution >= 4 is 12.4 Å². The second-order valence-corrected chi connectivity index (χ2v) is 5.92. The van der Waals surface area contributed by atoms with Crippen molar-refractivity contribution in [2.75, 3.05) is 33.4 Å². The van der Waals surface area contributed by atoms with E-state index in [0.717, 1.165) is 32.1 Å². The first kappa shape index (κ1) is 16.6. The lowest BCUT2D eigenvalue weighted by Gasteiger charge is -2.48. The molecule has 1 heterocycles. The molecule has 1 saturated heterocycles. The van der Waals surface area contributed by atoms with E-state index in [1.54, 1.807) is 7.11 Å². The maximum atomic E-state index is 5.55. The Morgan fingerprint density at radius 3 is 2.48 bits per heavy atom. The van der Waals surface area contributed by atoms with Gasteiger partial charge in [-0.15, -0.1) is 12.4 Å². The van der Waals surface area contributed by atoms with Crippen LogP contribution in [-0.4, -0.2) is 38.3 Å². The van der Waals surface area contributed by atoms with Crippen LogP contribution in [0.15, 0.2) is 24.3 Å². The normalized spacial score (nSPS) is 22.3. The van der Waals surface area contributed by atoms with Gasteiger partial charge in [-0.25, -0.2) is 0 Å². The van der Waals surface area contributed by atoms with Crippen molar-refractivity contribution in [3.63, 3.8) is 0 Å². The van der Waals surface area contributed by atoms with Gasteiger partial charge in [-0.2, -0.15) is 0 Å². The zero-order valence-corrected chi connectivity index (χ0v) is 13.7. The molecule has 0 N–H and O–H groups in total. The van der Waals surface area contributed by atoms with Gasteiger partial charge in [0.2, 0.25) is 0 Å². The summed E-state index contributed by atoms with van der Waals surface area (Å²) in [6.45, 7) is 3.84. The molecule has 1 aromatic rings. The van der Waals surface area contributed by atoms with Gasteiger partial charge in [0.15, 0.2) is 0 Å². The van der Waals surface area contributed by atoms with Crippen LogP contribution < -0.4 is 4.74 Å². The van der Waals surface area contributed by atoms with E-state index >= 15 is 0 Å². The highest BCUT2D eigenvalue weighted by molar-refractivity contribution is 5.85. The first-order valence-electron chi connectivity index (χ1n) is 7.82. The van der Waals surface area contributed by atoms with Crippen molar-refractivity contribution < 1.29 is 9.47 Å². The fourth-order valence-corrected chi connectivity index (χ4v) is 3.83. The molecule has 0 aromatic heterocycles.